The van der Waals surface area contributed by atoms with Crippen molar-refractivity contribution in [2.24, 2.45) is 17.3 Å². The summed E-state index contributed by atoms with van der Waals surface area (Å²) in [6.45, 7) is 6.44. The highest BCUT2D eigenvalue weighted by atomic mass is 16.4. The number of nitrogens with one attached hydrogen (secondary N) is 1. The molecule has 2 fully saturated rings. The van der Waals surface area contributed by atoms with Gasteiger partial charge in [0.1, 0.15) is 5.58 Å². The average Bonchev–Trinajstić information content (AvgIpc) is 2.84. The molecule has 0 saturated heterocycles. The van der Waals surface area contributed by atoms with E-state index < -0.39 is 0 Å². The number of fused-ring (bicyclic) bond motifs is 2. The van der Waals surface area contributed by atoms with Crippen LogP contribution in [0.5, 0.6) is 0 Å². The number of rotatable bonds is 2. The second-order valence-corrected chi connectivity index (χ2v) is 7.20. The number of carbonyl (C=O) groups is 1. The number of benzene rings is 1. The van der Waals surface area contributed by atoms with Crippen LogP contribution >= 0.6 is 0 Å². The van der Waals surface area contributed by atoms with E-state index in [0.717, 1.165) is 22.3 Å². The Hall–Kier alpha value is -2.36. The predicted molar refractivity (Wildman–Crippen MR) is 89.2 cm³/mol. The lowest BCUT2D eigenvalue weighted by Crippen LogP contribution is -2.12. The monoisotopic (exact) mass is 309 g/mol. The molecule has 2 aromatic rings. The van der Waals surface area contributed by atoms with Crippen molar-refractivity contribution in [1.29, 1.82) is 0 Å². The quantitative estimate of drug-likeness (QED) is 0.678. The van der Waals surface area contributed by atoms with Crippen LogP contribution in [0.2, 0.25) is 0 Å². The number of anilines is 1. The maximum absolute atomic E-state index is 12.2. The Morgan fingerprint density at radius 2 is 2.00 bits per heavy atom. The van der Waals surface area contributed by atoms with Gasteiger partial charge in [-0.2, -0.15) is 0 Å². The summed E-state index contributed by atoms with van der Waals surface area (Å²) in [4.78, 5) is 23.5. The molecule has 2 aliphatic rings. The maximum Gasteiger partial charge on any atom is 0.336 e. The van der Waals surface area contributed by atoms with Gasteiger partial charge in [-0.15, -0.1) is 0 Å². The molecule has 0 aliphatic heterocycles. The van der Waals surface area contributed by atoms with Crippen molar-refractivity contribution in [1.82, 2.24) is 0 Å². The third kappa shape index (κ3) is 2.12. The van der Waals surface area contributed by atoms with Crippen molar-refractivity contribution in [2.45, 2.75) is 27.2 Å². The van der Waals surface area contributed by atoms with Crippen LogP contribution in [-0.4, -0.2) is 5.78 Å². The van der Waals surface area contributed by atoms with Crippen molar-refractivity contribution in [2.75, 3.05) is 5.32 Å². The van der Waals surface area contributed by atoms with Crippen molar-refractivity contribution in [3.63, 3.8) is 0 Å². The minimum Gasteiger partial charge on any atom is -0.423 e. The van der Waals surface area contributed by atoms with E-state index >= 15 is 0 Å². The summed E-state index contributed by atoms with van der Waals surface area (Å²) in [5.41, 5.74) is 3.25. The van der Waals surface area contributed by atoms with Gasteiger partial charge in [-0.1, -0.05) is 13.8 Å². The molecule has 0 spiro atoms. The van der Waals surface area contributed by atoms with Crippen LogP contribution in [0, 0.1) is 17.3 Å². The van der Waals surface area contributed by atoms with Crippen LogP contribution in [0.25, 0.3) is 11.0 Å². The molecule has 23 heavy (non-hydrogen) atoms. The van der Waals surface area contributed by atoms with Crippen LogP contribution in [0.4, 0.5) is 5.69 Å². The number of hydrogen-bond donors (Lipinski definition) is 1. The largest absolute Gasteiger partial charge is 0.423 e. The van der Waals surface area contributed by atoms with Gasteiger partial charge in [-0.05, 0) is 48.4 Å². The molecule has 0 bridgehead atoms. The summed E-state index contributed by atoms with van der Waals surface area (Å²) in [5.74, 6) is 1.17. The van der Waals surface area contributed by atoms with Crippen molar-refractivity contribution >= 4 is 22.4 Å². The lowest BCUT2D eigenvalue weighted by Gasteiger charge is -2.14. The second-order valence-electron chi connectivity index (χ2n) is 7.20. The Kier molecular flexibility index (Phi) is 2.83. The fraction of sp³-hybridized carbons (Fsp3) is 0.368. The van der Waals surface area contributed by atoms with E-state index in [-0.39, 0.29) is 16.8 Å². The fourth-order valence-electron chi connectivity index (χ4n) is 4.06. The third-order valence-electron chi connectivity index (χ3n) is 5.42. The summed E-state index contributed by atoms with van der Waals surface area (Å²) >= 11 is 0. The summed E-state index contributed by atoms with van der Waals surface area (Å²) in [6.07, 6.45) is 0.675. The minimum absolute atomic E-state index is 0.249. The van der Waals surface area contributed by atoms with E-state index in [1.807, 2.05) is 19.1 Å². The number of Topliss-reactive ketones (excluding diaryl/α,β-unsaturated/α-hetero) is 1. The molecule has 1 aromatic carbocycles. The van der Waals surface area contributed by atoms with Gasteiger partial charge in [-0.3, -0.25) is 4.79 Å². The minimum atomic E-state index is -0.352. The molecule has 4 heteroatoms. The standard InChI is InChI=1S/C19H19NO3/c1-10(17-14(21)9-13-18(17)19(13,2)3)20-12-5-6-15-11(8-12)4-7-16(22)23-15/h4-8,13,18,20H,9H2,1-3H3/b17-10+/t13-,18+/m1/s1. The van der Waals surface area contributed by atoms with Crippen LogP contribution < -0.4 is 10.9 Å². The Balaban J connectivity index is 1.67. The zero-order chi connectivity index (χ0) is 16.4. The fourth-order valence-corrected chi connectivity index (χ4v) is 4.06. The first kappa shape index (κ1) is 14.2. The van der Waals surface area contributed by atoms with Gasteiger partial charge < -0.3 is 9.73 Å². The first-order chi connectivity index (χ1) is 10.9. The highest BCUT2D eigenvalue weighted by molar-refractivity contribution is 6.01. The van der Waals surface area contributed by atoms with Gasteiger partial charge in [0.25, 0.3) is 0 Å². The molecule has 2 aliphatic carbocycles. The van der Waals surface area contributed by atoms with Gasteiger partial charge in [0.05, 0.1) is 0 Å². The molecule has 1 heterocycles. The molecular weight excluding hydrogens is 290 g/mol. The third-order valence-corrected chi connectivity index (χ3v) is 5.42. The Labute approximate surface area is 134 Å². The first-order valence-electron chi connectivity index (χ1n) is 7.93. The first-order valence-corrected chi connectivity index (χ1v) is 7.93. The van der Waals surface area contributed by atoms with E-state index in [1.165, 1.54) is 6.07 Å². The highest BCUT2D eigenvalue weighted by Crippen LogP contribution is 2.68. The normalized spacial score (nSPS) is 27.0. The topological polar surface area (TPSA) is 59.3 Å². The summed E-state index contributed by atoms with van der Waals surface area (Å²) in [7, 11) is 0. The second kappa shape index (κ2) is 4.57. The highest BCUT2D eigenvalue weighted by Gasteiger charge is 2.65. The zero-order valence-corrected chi connectivity index (χ0v) is 13.5. The molecule has 4 nitrogen and oxygen atoms in total. The molecule has 4 rings (SSSR count). The molecule has 1 aromatic heterocycles. The number of hydrogen-bond acceptors (Lipinski definition) is 4. The van der Waals surface area contributed by atoms with E-state index in [0.29, 0.717) is 23.8 Å². The number of ketones is 1. The number of allylic oxidation sites excluding steroid dienone is 2. The van der Waals surface area contributed by atoms with Crippen molar-refractivity contribution < 1.29 is 9.21 Å². The van der Waals surface area contributed by atoms with Gasteiger partial charge >= 0.3 is 5.63 Å². The van der Waals surface area contributed by atoms with Gasteiger partial charge in [-0.25, -0.2) is 4.79 Å². The van der Waals surface area contributed by atoms with Crippen molar-refractivity contribution in [3.8, 4) is 0 Å². The lowest BCUT2D eigenvalue weighted by atomic mass is 9.95. The molecule has 118 valence electrons. The van der Waals surface area contributed by atoms with Crippen LogP contribution in [0.1, 0.15) is 27.2 Å². The maximum atomic E-state index is 12.2. The summed E-state index contributed by atoms with van der Waals surface area (Å²) in [5, 5.41) is 4.21. The molecule has 2 atom stereocenters. The molecule has 0 amide bonds. The predicted octanol–water partition coefficient (Wildman–Crippen LogP) is 3.72. The summed E-state index contributed by atoms with van der Waals surface area (Å²) < 4.78 is 5.14. The van der Waals surface area contributed by atoms with Gasteiger partial charge in [0.2, 0.25) is 0 Å². The van der Waals surface area contributed by atoms with E-state index in [9.17, 15) is 9.59 Å². The molecule has 1 N–H and O–H groups in total. The van der Waals surface area contributed by atoms with E-state index in [4.69, 9.17) is 4.42 Å². The van der Waals surface area contributed by atoms with E-state index in [1.54, 1.807) is 12.1 Å². The van der Waals surface area contributed by atoms with Crippen LogP contribution in [0.3, 0.4) is 0 Å². The molecular formula is C19H19NO3. The molecule has 2 saturated carbocycles. The Morgan fingerprint density at radius 1 is 1.22 bits per heavy atom. The summed E-state index contributed by atoms with van der Waals surface area (Å²) in [6, 6.07) is 8.73. The zero-order valence-electron chi connectivity index (χ0n) is 13.5. The molecule has 0 radical (unpaired) electrons. The SMILES string of the molecule is C/C(Nc1ccc2oc(=O)ccc2c1)=C1/C(=O)C[C@@H]2[C@@H]1C2(C)C. The molecule has 0 unspecified atom stereocenters. The average molecular weight is 309 g/mol. The lowest BCUT2D eigenvalue weighted by molar-refractivity contribution is -0.115. The van der Waals surface area contributed by atoms with Crippen molar-refractivity contribution in [3.05, 3.63) is 52.0 Å². The number of carbonyl (C=O) groups excluding carboxylic acids is 1. The van der Waals surface area contributed by atoms with Crippen LogP contribution in [-0.2, 0) is 4.79 Å². The smallest absolute Gasteiger partial charge is 0.336 e. The van der Waals surface area contributed by atoms with Gasteiger partial charge in [0, 0.05) is 34.8 Å². The Bertz CT molecular complexity index is 920. The van der Waals surface area contributed by atoms with E-state index in [2.05, 4.69) is 19.2 Å². The van der Waals surface area contributed by atoms with Crippen LogP contribution in [0.15, 0.2) is 50.8 Å². The Morgan fingerprint density at radius 3 is 2.74 bits per heavy atom. The van der Waals surface area contributed by atoms with Gasteiger partial charge in [0.15, 0.2) is 5.78 Å².